The van der Waals surface area contributed by atoms with E-state index < -0.39 is 0 Å². The molecular weight excluding hydrogens is 327 g/mol. The van der Waals surface area contributed by atoms with Crippen LogP contribution in [0, 0.1) is 11.7 Å². The van der Waals surface area contributed by atoms with Crippen LogP contribution in [0.5, 0.6) is 0 Å². The van der Waals surface area contributed by atoms with Gasteiger partial charge >= 0.3 is 0 Å². The van der Waals surface area contributed by atoms with E-state index in [0.717, 1.165) is 16.9 Å². The van der Waals surface area contributed by atoms with Gasteiger partial charge in [0.25, 0.3) is 0 Å². The molecule has 3 N–H and O–H groups in total. The second-order valence-corrected chi connectivity index (χ2v) is 6.51. The zero-order valence-electron chi connectivity index (χ0n) is 14.8. The summed E-state index contributed by atoms with van der Waals surface area (Å²) in [4.78, 5) is 15.6. The number of thioether (sulfide) groups is 1. The summed E-state index contributed by atoms with van der Waals surface area (Å²) in [6.07, 6.45) is 1.99. The summed E-state index contributed by atoms with van der Waals surface area (Å²) in [7, 11) is 1.69. The molecule has 0 atom stereocenters. The van der Waals surface area contributed by atoms with E-state index in [4.69, 9.17) is 0 Å². The fourth-order valence-corrected chi connectivity index (χ4v) is 2.61. The second-order valence-electron chi connectivity index (χ2n) is 5.64. The standard InChI is InChI=1S/C17H27FN4OS/c1-12(2)16(23)20-7-8-21-17(19-3)22-10-13-5-6-15(18)9-14(13)11-24-4/h5-6,9,12H,7-8,10-11H2,1-4H3,(H,20,23)(H2,19,21,22). The first-order chi connectivity index (χ1) is 11.5. The van der Waals surface area contributed by atoms with Crippen molar-refractivity contribution >= 4 is 23.6 Å². The number of guanidine groups is 1. The van der Waals surface area contributed by atoms with E-state index in [1.165, 1.54) is 6.07 Å². The number of rotatable bonds is 8. The summed E-state index contributed by atoms with van der Waals surface area (Å²) in [5, 5.41) is 9.19. The molecule has 1 amide bonds. The highest BCUT2D eigenvalue weighted by molar-refractivity contribution is 7.97. The topological polar surface area (TPSA) is 65.5 Å². The highest BCUT2D eigenvalue weighted by atomic mass is 32.2. The number of carbonyl (C=O) groups excluding carboxylic acids is 1. The van der Waals surface area contributed by atoms with Gasteiger partial charge in [0.15, 0.2) is 5.96 Å². The van der Waals surface area contributed by atoms with E-state index in [-0.39, 0.29) is 17.6 Å². The number of nitrogens with zero attached hydrogens (tertiary/aromatic N) is 1. The highest BCUT2D eigenvalue weighted by Gasteiger charge is 2.07. The molecule has 0 aliphatic heterocycles. The van der Waals surface area contributed by atoms with Crippen molar-refractivity contribution < 1.29 is 9.18 Å². The molecule has 24 heavy (non-hydrogen) atoms. The van der Waals surface area contributed by atoms with E-state index >= 15 is 0 Å². The molecule has 0 heterocycles. The lowest BCUT2D eigenvalue weighted by molar-refractivity contribution is -0.123. The quantitative estimate of drug-likeness (QED) is 0.380. The van der Waals surface area contributed by atoms with Gasteiger partial charge in [0.1, 0.15) is 5.82 Å². The number of hydrogen-bond donors (Lipinski definition) is 3. The van der Waals surface area contributed by atoms with Crippen LogP contribution in [0.25, 0.3) is 0 Å². The van der Waals surface area contributed by atoms with Crippen molar-refractivity contribution in [1.29, 1.82) is 0 Å². The van der Waals surface area contributed by atoms with Crippen molar-refractivity contribution in [2.75, 3.05) is 26.4 Å². The van der Waals surface area contributed by atoms with Crippen molar-refractivity contribution in [3.05, 3.63) is 35.1 Å². The van der Waals surface area contributed by atoms with Crippen LogP contribution in [0.4, 0.5) is 4.39 Å². The second kappa shape index (κ2) is 10.9. The number of amides is 1. The first-order valence-electron chi connectivity index (χ1n) is 7.96. The smallest absolute Gasteiger partial charge is 0.222 e. The number of carbonyl (C=O) groups is 1. The maximum atomic E-state index is 13.4. The first kappa shape index (κ1) is 20.3. The molecular formula is C17H27FN4OS. The van der Waals surface area contributed by atoms with E-state index in [1.807, 2.05) is 20.1 Å². The number of hydrogen-bond acceptors (Lipinski definition) is 3. The third-order valence-electron chi connectivity index (χ3n) is 3.38. The van der Waals surface area contributed by atoms with Crippen LogP contribution in [-0.4, -0.2) is 38.3 Å². The zero-order chi connectivity index (χ0) is 17.9. The van der Waals surface area contributed by atoms with E-state index in [1.54, 1.807) is 30.9 Å². The minimum atomic E-state index is -0.216. The fraction of sp³-hybridized carbons (Fsp3) is 0.529. The highest BCUT2D eigenvalue weighted by Crippen LogP contribution is 2.16. The molecule has 7 heteroatoms. The van der Waals surface area contributed by atoms with Crippen LogP contribution in [-0.2, 0) is 17.1 Å². The average Bonchev–Trinajstić information content (AvgIpc) is 2.55. The van der Waals surface area contributed by atoms with Crippen molar-refractivity contribution in [1.82, 2.24) is 16.0 Å². The Morgan fingerprint density at radius 1 is 1.21 bits per heavy atom. The Hall–Kier alpha value is -1.76. The lowest BCUT2D eigenvalue weighted by Gasteiger charge is -2.15. The lowest BCUT2D eigenvalue weighted by Crippen LogP contribution is -2.41. The molecule has 0 saturated heterocycles. The Morgan fingerprint density at radius 2 is 1.92 bits per heavy atom. The number of benzene rings is 1. The Balaban J connectivity index is 2.46. The Labute approximate surface area is 147 Å². The number of halogens is 1. The van der Waals surface area contributed by atoms with Crippen LogP contribution < -0.4 is 16.0 Å². The summed E-state index contributed by atoms with van der Waals surface area (Å²) in [6, 6.07) is 4.84. The molecule has 1 aromatic rings. The molecule has 0 unspecified atom stereocenters. The molecule has 0 aromatic heterocycles. The molecule has 1 rings (SSSR count). The summed E-state index contributed by atoms with van der Waals surface area (Å²) >= 11 is 1.66. The summed E-state index contributed by atoms with van der Waals surface area (Å²) in [5.41, 5.74) is 2.02. The Bertz CT molecular complexity index is 564. The summed E-state index contributed by atoms with van der Waals surface area (Å²) in [6.45, 7) is 5.40. The van der Waals surface area contributed by atoms with Gasteiger partial charge in [0, 0.05) is 38.4 Å². The third-order valence-corrected chi connectivity index (χ3v) is 3.98. The van der Waals surface area contributed by atoms with Gasteiger partial charge in [-0.2, -0.15) is 11.8 Å². The van der Waals surface area contributed by atoms with Gasteiger partial charge in [-0.25, -0.2) is 4.39 Å². The van der Waals surface area contributed by atoms with Crippen LogP contribution in [0.3, 0.4) is 0 Å². The average molecular weight is 354 g/mol. The monoisotopic (exact) mass is 354 g/mol. The molecule has 5 nitrogen and oxygen atoms in total. The van der Waals surface area contributed by atoms with E-state index in [2.05, 4.69) is 20.9 Å². The van der Waals surface area contributed by atoms with Gasteiger partial charge in [-0.1, -0.05) is 19.9 Å². The predicted molar refractivity (Wildman–Crippen MR) is 99.7 cm³/mol. The number of nitrogens with one attached hydrogen (secondary N) is 3. The minimum Gasteiger partial charge on any atom is -0.355 e. The molecule has 134 valence electrons. The van der Waals surface area contributed by atoms with Crippen LogP contribution in [0.2, 0.25) is 0 Å². The maximum Gasteiger partial charge on any atom is 0.222 e. The van der Waals surface area contributed by atoms with Crippen LogP contribution >= 0.6 is 11.8 Å². The van der Waals surface area contributed by atoms with Gasteiger partial charge in [-0.3, -0.25) is 9.79 Å². The van der Waals surface area contributed by atoms with Gasteiger partial charge in [-0.05, 0) is 29.5 Å². The SMILES string of the molecule is CN=C(NCCNC(=O)C(C)C)NCc1ccc(F)cc1CSC. The van der Waals surface area contributed by atoms with Crippen LogP contribution in [0.1, 0.15) is 25.0 Å². The molecule has 0 fully saturated rings. The Kier molecular flexibility index (Phi) is 9.22. The molecule has 0 bridgehead atoms. The van der Waals surface area contributed by atoms with Crippen molar-refractivity contribution in [3.8, 4) is 0 Å². The van der Waals surface area contributed by atoms with Crippen molar-refractivity contribution in [2.24, 2.45) is 10.9 Å². The fourth-order valence-electron chi connectivity index (χ4n) is 2.03. The molecule has 0 radical (unpaired) electrons. The van der Waals surface area contributed by atoms with Gasteiger partial charge in [0.05, 0.1) is 0 Å². The summed E-state index contributed by atoms with van der Waals surface area (Å²) < 4.78 is 13.4. The predicted octanol–water partition coefficient (Wildman–Crippen LogP) is 2.13. The molecule has 0 saturated carbocycles. The van der Waals surface area contributed by atoms with Gasteiger partial charge in [-0.15, -0.1) is 0 Å². The maximum absolute atomic E-state index is 13.4. The third kappa shape index (κ3) is 7.21. The molecule has 0 aliphatic carbocycles. The van der Waals surface area contributed by atoms with Crippen LogP contribution in [0.15, 0.2) is 23.2 Å². The summed E-state index contributed by atoms with van der Waals surface area (Å²) in [5.74, 6) is 1.21. The first-order valence-corrected chi connectivity index (χ1v) is 9.35. The van der Waals surface area contributed by atoms with E-state index in [9.17, 15) is 9.18 Å². The lowest BCUT2D eigenvalue weighted by atomic mass is 10.1. The Morgan fingerprint density at radius 3 is 2.54 bits per heavy atom. The molecule has 1 aromatic carbocycles. The molecule has 0 spiro atoms. The van der Waals surface area contributed by atoms with Gasteiger partial charge < -0.3 is 16.0 Å². The van der Waals surface area contributed by atoms with Crippen molar-refractivity contribution in [2.45, 2.75) is 26.1 Å². The van der Waals surface area contributed by atoms with E-state index in [0.29, 0.717) is 25.6 Å². The molecule has 0 aliphatic rings. The number of aliphatic imine (C=N–C) groups is 1. The normalized spacial score (nSPS) is 11.5. The zero-order valence-corrected chi connectivity index (χ0v) is 15.6. The van der Waals surface area contributed by atoms with Gasteiger partial charge in [0.2, 0.25) is 5.91 Å². The van der Waals surface area contributed by atoms with Crippen molar-refractivity contribution in [3.63, 3.8) is 0 Å². The minimum absolute atomic E-state index is 0.0178. The largest absolute Gasteiger partial charge is 0.355 e.